The Morgan fingerprint density at radius 1 is 1.08 bits per heavy atom. The van der Waals surface area contributed by atoms with Crippen molar-refractivity contribution in [3.05, 3.63) is 54.6 Å². The molecule has 2 aromatic heterocycles. The van der Waals surface area contributed by atoms with E-state index in [0.29, 0.717) is 5.92 Å². The van der Waals surface area contributed by atoms with Gasteiger partial charge in [-0.2, -0.15) is 0 Å². The van der Waals surface area contributed by atoms with E-state index < -0.39 is 0 Å². The van der Waals surface area contributed by atoms with E-state index >= 15 is 0 Å². The number of benzene rings is 1. The minimum absolute atomic E-state index is 0.686. The largest absolute Gasteiger partial charge is 0.316 e. The number of aromatic nitrogens is 3. The van der Waals surface area contributed by atoms with Crippen LogP contribution in [0.5, 0.6) is 0 Å². The molecule has 1 aromatic carbocycles. The zero-order valence-corrected chi connectivity index (χ0v) is 14.1. The van der Waals surface area contributed by atoms with Gasteiger partial charge in [0.15, 0.2) is 10.9 Å². The fourth-order valence-electron chi connectivity index (χ4n) is 2.89. The first kappa shape index (κ1) is 15.2. The van der Waals surface area contributed by atoms with Crippen molar-refractivity contribution in [1.29, 1.82) is 0 Å². The lowest BCUT2D eigenvalue weighted by Gasteiger charge is -2.07. The summed E-state index contributed by atoms with van der Waals surface area (Å²) < 4.78 is 0. The lowest BCUT2D eigenvalue weighted by Crippen LogP contribution is -2.11. The van der Waals surface area contributed by atoms with E-state index in [2.05, 4.69) is 37.7 Å². The first-order chi connectivity index (χ1) is 11.9. The second-order valence-corrected chi connectivity index (χ2v) is 7.01. The second kappa shape index (κ2) is 7.07. The first-order valence-corrected chi connectivity index (χ1v) is 8.98. The Morgan fingerprint density at radius 2 is 2.00 bits per heavy atom. The van der Waals surface area contributed by atoms with E-state index in [0.717, 1.165) is 41.0 Å². The number of nitrogens with zero attached hydrogens (tertiary/aromatic N) is 3. The number of thiazole rings is 1. The molecule has 1 aliphatic heterocycles. The highest BCUT2D eigenvalue weighted by Crippen LogP contribution is 2.29. The molecule has 3 heterocycles. The van der Waals surface area contributed by atoms with Crippen molar-refractivity contribution in [3.8, 4) is 10.4 Å². The minimum atomic E-state index is 0.686. The Hall–Kier alpha value is -2.31. The molecule has 0 amide bonds. The smallest absolute Gasteiger partial charge is 0.188 e. The van der Waals surface area contributed by atoms with Gasteiger partial charge in [0.25, 0.3) is 0 Å². The van der Waals surface area contributed by atoms with Gasteiger partial charge >= 0.3 is 0 Å². The molecule has 122 valence electrons. The maximum absolute atomic E-state index is 4.53. The molecular formula is C18H19N5S. The Morgan fingerprint density at radius 3 is 2.75 bits per heavy atom. The molecular weight excluding hydrogens is 318 g/mol. The molecule has 0 bridgehead atoms. The van der Waals surface area contributed by atoms with Gasteiger partial charge in [0, 0.05) is 6.20 Å². The van der Waals surface area contributed by atoms with E-state index in [1.165, 1.54) is 12.0 Å². The van der Waals surface area contributed by atoms with E-state index in [1.807, 2.05) is 30.6 Å². The molecule has 5 nitrogen and oxygen atoms in total. The topological polar surface area (TPSA) is 62.7 Å². The van der Waals surface area contributed by atoms with Crippen LogP contribution in [0.4, 0.5) is 10.9 Å². The normalized spacial score (nSPS) is 17.1. The molecule has 1 fully saturated rings. The van der Waals surface area contributed by atoms with Crippen LogP contribution in [0.2, 0.25) is 0 Å². The zero-order valence-electron chi connectivity index (χ0n) is 13.3. The third kappa shape index (κ3) is 3.60. The van der Waals surface area contributed by atoms with Crippen LogP contribution in [-0.4, -0.2) is 28.0 Å². The van der Waals surface area contributed by atoms with Crippen molar-refractivity contribution in [1.82, 2.24) is 20.3 Å². The maximum Gasteiger partial charge on any atom is 0.188 e. The molecule has 24 heavy (non-hydrogen) atoms. The summed E-state index contributed by atoms with van der Waals surface area (Å²) in [6, 6.07) is 10.3. The monoisotopic (exact) mass is 337 g/mol. The summed E-state index contributed by atoms with van der Waals surface area (Å²) in [6.45, 7) is 2.20. The highest BCUT2D eigenvalue weighted by Gasteiger charge is 2.15. The predicted octanol–water partition coefficient (Wildman–Crippen LogP) is 3.50. The van der Waals surface area contributed by atoms with Crippen molar-refractivity contribution in [3.63, 3.8) is 0 Å². The fraction of sp³-hybridized carbons (Fsp3) is 0.278. The minimum Gasteiger partial charge on any atom is -0.316 e. The van der Waals surface area contributed by atoms with Crippen molar-refractivity contribution < 1.29 is 0 Å². The van der Waals surface area contributed by atoms with Gasteiger partial charge < -0.3 is 10.6 Å². The molecule has 0 radical (unpaired) electrons. The Kier molecular flexibility index (Phi) is 4.49. The number of rotatable bonds is 5. The van der Waals surface area contributed by atoms with Gasteiger partial charge in [0.1, 0.15) is 0 Å². The van der Waals surface area contributed by atoms with Crippen LogP contribution in [-0.2, 0) is 6.42 Å². The number of nitrogens with one attached hydrogen (secondary N) is 2. The number of anilines is 2. The maximum atomic E-state index is 4.53. The van der Waals surface area contributed by atoms with Crippen molar-refractivity contribution in [2.75, 3.05) is 18.4 Å². The summed E-state index contributed by atoms with van der Waals surface area (Å²) in [5, 5.41) is 7.45. The van der Waals surface area contributed by atoms with Crippen molar-refractivity contribution in [2.24, 2.45) is 5.92 Å². The van der Waals surface area contributed by atoms with E-state index in [1.54, 1.807) is 17.5 Å². The molecule has 0 spiro atoms. The summed E-state index contributed by atoms with van der Waals surface area (Å²) in [7, 11) is 0. The van der Waals surface area contributed by atoms with Crippen molar-refractivity contribution >= 4 is 22.3 Å². The quantitative estimate of drug-likeness (QED) is 0.746. The molecule has 1 aliphatic rings. The molecule has 0 aliphatic carbocycles. The van der Waals surface area contributed by atoms with E-state index in [-0.39, 0.29) is 0 Å². The van der Waals surface area contributed by atoms with Crippen molar-refractivity contribution in [2.45, 2.75) is 12.8 Å². The third-order valence-electron chi connectivity index (χ3n) is 4.16. The van der Waals surface area contributed by atoms with E-state index in [9.17, 15) is 0 Å². The Labute approximate surface area is 145 Å². The summed E-state index contributed by atoms with van der Waals surface area (Å²) in [5.74, 6) is 1.42. The zero-order chi connectivity index (χ0) is 16.2. The van der Waals surface area contributed by atoms with Crippen LogP contribution >= 0.6 is 11.3 Å². The molecule has 1 saturated heterocycles. The van der Waals surface area contributed by atoms with Crippen LogP contribution in [0, 0.1) is 5.92 Å². The molecule has 3 aromatic rings. The fourth-order valence-corrected chi connectivity index (χ4v) is 3.72. The molecule has 2 N–H and O–H groups in total. The third-order valence-corrected chi connectivity index (χ3v) is 5.13. The highest BCUT2D eigenvalue weighted by atomic mass is 32.1. The molecule has 1 unspecified atom stereocenters. The summed E-state index contributed by atoms with van der Waals surface area (Å²) in [6.07, 6.45) is 7.77. The van der Waals surface area contributed by atoms with Crippen LogP contribution in [0.15, 0.2) is 48.9 Å². The first-order valence-electron chi connectivity index (χ1n) is 8.17. The highest BCUT2D eigenvalue weighted by molar-refractivity contribution is 7.18. The Balaban J connectivity index is 1.41. The summed E-state index contributed by atoms with van der Waals surface area (Å²) >= 11 is 1.61. The lowest BCUT2D eigenvalue weighted by molar-refractivity contribution is 0.570. The predicted molar refractivity (Wildman–Crippen MR) is 97.5 cm³/mol. The summed E-state index contributed by atoms with van der Waals surface area (Å²) in [5.41, 5.74) is 2.23. The average molecular weight is 337 g/mol. The van der Waals surface area contributed by atoms with Gasteiger partial charge in [-0.05, 0) is 37.4 Å². The van der Waals surface area contributed by atoms with Gasteiger partial charge in [-0.1, -0.05) is 41.7 Å². The standard InChI is InChI=1S/C18H19N5S/c1-2-4-14(5-3-1)16-11-22-18(24-16)23-17-12-20-15(10-21-17)8-13-6-7-19-9-13/h1-5,10-13,19H,6-9H2,(H,21,22,23). The van der Waals surface area contributed by atoms with Gasteiger partial charge in [-0.25, -0.2) is 9.97 Å². The van der Waals surface area contributed by atoms with Crippen LogP contribution in [0.25, 0.3) is 10.4 Å². The van der Waals surface area contributed by atoms with Gasteiger partial charge in [-0.3, -0.25) is 4.98 Å². The molecule has 0 saturated carbocycles. The average Bonchev–Trinajstić information content (AvgIpc) is 3.29. The van der Waals surface area contributed by atoms with Crippen LogP contribution in [0.3, 0.4) is 0 Å². The van der Waals surface area contributed by atoms with Crippen LogP contribution in [0.1, 0.15) is 12.1 Å². The van der Waals surface area contributed by atoms with E-state index in [4.69, 9.17) is 0 Å². The Bertz CT molecular complexity index is 779. The number of hydrogen-bond acceptors (Lipinski definition) is 6. The second-order valence-electron chi connectivity index (χ2n) is 5.98. The van der Waals surface area contributed by atoms with Gasteiger partial charge in [0.05, 0.1) is 23.0 Å². The summed E-state index contributed by atoms with van der Waals surface area (Å²) in [4.78, 5) is 14.6. The van der Waals surface area contributed by atoms with Gasteiger partial charge in [0.2, 0.25) is 0 Å². The lowest BCUT2D eigenvalue weighted by atomic mass is 10.0. The molecule has 6 heteroatoms. The number of hydrogen-bond donors (Lipinski definition) is 2. The SMILES string of the molecule is c1ccc(-c2cnc(Nc3cnc(CC4CCNC4)cn3)s2)cc1. The van der Waals surface area contributed by atoms with Gasteiger partial charge in [-0.15, -0.1) is 0 Å². The molecule has 4 rings (SSSR count). The molecule has 1 atom stereocenters. The van der Waals surface area contributed by atoms with Crippen LogP contribution < -0.4 is 10.6 Å².